The number of carbonyl (C=O) groups excluding carboxylic acids is 1. The van der Waals surface area contributed by atoms with Crippen LogP contribution in [0.15, 0.2) is 36.4 Å². The third kappa shape index (κ3) is 3.54. The van der Waals surface area contributed by atoms with Crippen LogP contribution in [-0.4, -0.2) is 17.4 Å². The van der Waals surface area contributed by atoms with E-state index in [-0.39, 0.29) is 5.91 Å². The van der Waals surface area contributed by atoms with Crippen LogP contribution in [0.2, 0.25) is 0 Å². The first-order chi connectivity index (χ1) is 7.67. The maximum Gasteiger partial charge on any atom is 0.246 e. The quantitative estimate of drug-likeness (QED) is 0.710. The van der Waals surface area contributed by atoms with Crippen molar-refractivity contribution in [3.05, 3.63) is 47.5 Å². The average molecular weight is 217 g/mol. The zero-order valence-electron chi connectivity index (χ0n) is 10.2. The van der Waals surface area contributed by atoms with Gasteiger partial charge in [-0.3, -0.25) is 4.79 Å². The molecule has 1 aromatic carbocycles. The SMILES string of the molecule is CC=CC(=O)N(CC)Cc1cccc(C)c1. The molecule has 0 saturated heterocycles. The molecule has 0 spiro atoms. The second-order valence-corrected chi connectivity index (χ2v) is 3.84. The lowest BCUT2D eigenvalue weighted by atomic mass is 10.1. The smallest absolute Gasteiger partial charge is 0.246 e. The molecule has 0 aromatic heterocycles. The minimum atomic E-state index is 0.0755. The van der Waals surface area contributed by atoms with Crippen molar-refractivity contribution in [2.75, 3.05) is 6.54 Å². The molecule has 1 amide bonds. The second kappa shape index (κ2) is 6.11. The van der Waals surface area contributed by atoms with E-state index in [9.17, 15) is 4.79 Å². The summed E-state index contributed by atoms with van der Waals surface area (Å²) in [6, 6.07) is 8.26. The molecule has 0 atom stereocenters. The summed E-state index contributed by atoms with van der Waals surface area (Å²) in [5.74, 6) is 0.0755. The van der Waals surface area contributed by atoms with Crippen molar-refractivity contribution in [2.45, 2.75) is 27.3 Å². The van der Waals surface area contributed by atoms with Gasteiger partial charge in [0.15, 0.2) is 0 Å². The average Bonchev–Trinajstić information content (AvgIpc) is 2.26. The summed E-state index contributed by atoms with van der Waals surface area (Å²) in [5, 5.41) is 0. The van der Waals surface area contributed by atoms with E-state index in [0.717, 1.165) is 6.54 Å². The van der Waals surface area contributed by atoms with Gasteiger partial charge in [-0.2, -0.15) is 0 Å². The van der Waals surface area contributed by atoms with Crippen LogP contribution in [0.1, 0.15) is 25.0 Å². The van der Waals surface area contributed by atoms with Gasteiger partial charge in [0.1, 0.15) is 0 Å². The van der Waals surface area contributed by atoms with Crippen LogP contribution < -0.4 is 0 Å². The fourth-order valence-corrected chi connectivity index (χ4v) is 1.62. The maximum absolute atomic E-state index is 11.7. The standard InChI is InChI=1S/C14H19NO/c1-4-7-14(16)15(5-2)11-13-9-6-8-12(3)10-13/h4,6-10H,5,11H2,1-3H3. The summed E-state index contributed by atoms with van der Waals surface area (Å²) in [6.07, 6.45) is 3.39. The van der Waals surface area contributed by atoms with Gasteiger partial charge >= 0.3 is 0 Å². The van der Waals surface area contributed by atoms with Gasteiger partial charge in [0.25, 0.3) is 0 Å². The molecular weight excluding hydrogens is 198 g/mol. The molecule has 0 bridgehead atoms. The Kier molecular flexibility index (Phi) is 4.77. The molecule has 0 radical (unpaired) electrons. The van der Waals surface area contributed by atoms with Gasteiger partial charge in [-0.1, -0.05) is 35.9 Å². The Morgan fingerprint density at radius 3 is 2.75 bits per heavy atom. The zero-order valence-corrected chi connectivity index (χ0v) is 10.2. The van der Waals surface area contributed by atoms with Crippen molar-refractivity contribution in [2.24, 2.45) is 0 Å². The zero-order chi connectivity index (χ0) is 12.0. The Morgan fingerprint density at radius 1 is 1.44 bits per heavy atom. The van der Waals surface area contributed by atoms with Gasteiger partial charge in [0.05, 0.1) is 0 Å². The highest BCUT2D eigenvalue weighted by Gasteiger charge is 2.08. The summed E-state index contributed by atoms with van der Waals surface area (Å²) in [4.78, 5) is 13.5. The van der Waals surface area contributed by atoms with Crippen LogP contribution in [0, 0.1) is 6.92 Å². The van der Waals surface area contributed by atoms with Gasteiger partial charge in [-0.15, -0.1) is 0 Å². The summed E-state index contributed by atoms with van der Waals surface area (Å²) < 4.78 is 0. The van der Waals surface area contributed by atoms with E-state index in [0.29, 0.717) is 6.54 Å². The molecule has 0 aliphatic rings. The van der Waals surface area contributed by atoms with E-state index in [1.165, 1.54) is 11.1 Å². The monoisotopic (exact) mass is 217 g/mol. The minimum Gasteiger partial charge on any atom is -0.335 e. The third-order valence-electron chi connectivity index (χ3n) is 2.46. The largest absolute Gasteiger partial charge is 0.335 e. The van der Waals surface area contributed by atoms with Crippen molar-refractivity contribution in [1.82, 2.24) is 4.90 Å². The molecule has 1 rings (SSSR count). The molecule has 2 nitrogen and oxygen atoms in total. The number of benzene rings is 1. The number of likely N-dealkylation sites (N-methyl/N-ethyl adjacent to an activating group) is 1. The van der Waals surface area contributed by atoms with Crippen LogP contribution in [-0.2, 0) is 11.3 Å². The first-order valence-corrected chi connectivity index (χ1v) is 5.64. The predicted octanol–water partition coefficient (Wildman–Crippen LogP) is 2.92. The Morgan fingerprint density at radius 2 is 2.19 bits per heavy atom. The second-order valence-electron chi connectivity index (χ2n) is 3.84. The first kappa shape index (κ1) is 12.5. The number of nitrogens with zero attached hydrogens (tertiary/aromatic N) is 1. The highest BCUT2D eigenvalue weighted by Crippen LogP contribution is 2.08. The molecular formula is C14H19NO. The minimum absolute atomic E-state index is 0.0755. The first-order valence-electron chi connectivity index (χ1n) is 5.64. The summed E-state index contributed by atoms with van der Waals surface area (Å²) in [7, 11) is 0. The van der Waals surface area contributed by atoms with Gasteiger partial charge in [-0.25, -0.2) is 0 Å². The highest BCUT2D eigenvalue weighted by atomic mass is 16.2. The van der Waals surface area contributed by atoms with E-state index < -0.39 is 0 Å². The number of hydrogen-bond donors (Lipinski definition) is 0. The Balaban J connectivity index is 2.74. The molecule has 0 N–H and O–H groups in total. The molecule has 86 valence electrons. The number of allylic oxidation sites excluding steroid dienone is 1. The summed E-state index contributed by atoms with van der Waals surface area (Å²) >= 11 is 0. The third-order valence-corrected chi connectivity index (χ3v) is 2.46. The fraction of sp³-hybridized carbons (Fsp3) is 0.357. The van der Waals surface area contributed by atoms with E-state index in [1.807, 2.05) is 24.8 Å². The predicted molar refractivity (Wildman–Crippen MR) is 67.1 cm³/mol. The molecule has 0 fully saturated rings. The van der Waals surface area contributed by atoms with E-state index in [1.54, 1.807) is 12.2 Å². The van der Waals surface area contributed by atoms with Crippen LogP contribution in [0.25, 0.3) is 0 Å². The van der Waals surface area contributed by atoms with Crippen LogP contribution in [0.3, 0.4) is 0 Å². The molecule has 0 unspecified atom stereocenters. The summed E-state index contributed by atoms with van der Waals surface area (Å²) in [5.41, 5.74) is 2.41. The van der Waals surface area contributed by atoms with Crippen molar-refractivity contribution in [1.29, 1.82) is 0 Å². The Hall–Kier alpha value is -1.57. The molecule has 0 heterocycles. The van der Waals surface area contributed by atoms with E-state index >= 15 is 0 Å². The van der Waals surface area contributed by atoms with Gasteiger partial charge in [0.2, 0.25) is 5.91 Å². The number of rotatable bonds is 4. The fourth-order valence-electron chi connectivity index (χ4n) is 1.62. The highest BCUT2D eigenvalue weighted by molar-refractivity contribution is 5.87. The van der Waals surface area contributed by atoms with Gasteiger partial charge in [0, 0.05) is 13.1 Å². The van der Waals surface area contributed by atoms with E-state index in [4.69, 9.17) is 0 Å². The van der Waals surface area contributed by atoms with Crippen LogP contribution in [0.4, 0.5) is 0 Å². The lowest BCUT2D eigenvalue weighted by molar-refractivity contribution is -0.126. The molecule has 2 heteroatoms. The normalized spacial score (nSPS) is 10.7. The Labute approximate surface area is 97.6 Å². The Bertz CT molecular complexity index is 382. The van der Waals surface area contributed by atoms with Crippen molar-refractivity contribution in [3.8, 4) is 0 Å². The lowest BCUT2D eigenvalue weighted by Crippen LogP contribution is -2.28. The topological polar surface area (TPSA) is 20.3 Å². The van der Waals surface area contributed by atoms with Gasteiger partial charge < -0.3 is 4.90 Å². The lowest BCUT2D eigenvalue weighted by Gasteiger charge is -2.19. The molecule has 0 saturated carbocycles. The van der Waals surface area contributed by atoms with Crippen LogP contribution in [0.5, 0.6) is 0 Å². The van der Waals surface area contributed by atoms with Gasteiger partial charge in [-0.05, 0) is 32.4 Å². The number of amides is 1. The van der Waals surface area contributed by atoms with Crippen molar-refractivity contribution >= 4 is 5.91 Å². The van der Waals surface area contributed by atoms with Crippen molar-refractivity contribution < 1.29 is 4.79 Å². The molecule has 0 aliphatic heterocycles. The molecule has 16 heavy (non-hydrogen) atoms. The van der Waals surface area contributed by atoms with E-state index in [2.05, 4.69) is 25.1 Å². The molecule has 1 aromatic rings. The molecule has 0 aliphatic carbocycles. The number of aryl methyl sites for hydroxylation is 1. The number of hydrogen-bond acceptors (Lipinski definition) is 1. The maximum atomic E-state index is 11.7. The van der Waals surface area contributed by atoms with Crippen LogP contribution >= 0.6 is 0 Å². The summed E-state index contributed by atoms with van der Waals surface area (Å²) in [6.45, 7) is 7.33. The number of carbonyl (C=O) groups is 1. The van der Waals surface area contributed by atoms with Crippen molar-refractivity contribution in [3.63, 3.8) is 0 Å².